The van der Waals surface area contributed by atoms with Crippen LogP contribution in [0.4, 0.5) is 0 Å². The lowest BCUT2D eigenvalue weighted by molar-refractivity contribution is -0.119. The SMILES string of the molecule is CCOc1ccc(/C=C/C(=O)NC(CC)(CO)CO)cc1. The molecule has 0 saturated carbocycles. The van der Waals surface area contributed by atoms with E-state index in [2.05, 4.69) is 5.32 Å². The summed E-state index contributed by atoms with van der Waals surface area (Å²) in [7, 11) is 0. The van der Waals surface area contributed by atoms with Crippen molar-refractivity contribution in [2.24, 2.45) is 0 Å². The quantitative estimate of drug-likeness (QED) is 0.632. The zero-order chi connectivity index (χ0) is 15.7. The summed E-state index contributed by atoms with van der Waals surface area (Å²) < 4.78 is 5.34. The number of carbonyl (C=O) groups excluding carboxylic acids is 1. The van der Waals surface area contributed by atoms with E-state index >= 15 is 0 Å². The fourth-order valence-electron chi connectivity index (χ4n) is 1.76. The second-order valence-electron chi connectivity index (χ2n) is 4.77. The molecule has 0 bridgehead atoms. The van der Waals surface area contributed by atoms with E-state index in [-0.39, 0.29) is 19.1 Å². The highest BCUT2D eigenvalue weighted by molar-refractivity contribution is 5.92. The molecule has 5 nitrogen and oxygen atoms in total. The van der Waals surface area contributed by atoms with Gasteiger partial charge in [-0.25, -0.2) is 0 Å². The van der Waals surface area contributed by atoms with E-state index in [1.165, 1.54) is 6.08 Å². The van der Waals surface area contributed by atoms with Crippen LogP contribution in [-0.4, -0.2) is 41.5 Å². The summed E-state index contributed by atoms with van der Waals surface area (Å²) >= 11 is 0. The molecular formula is C16H23NO4. The van der Waals surface area contributed by atoms with Crippen molar-refractivity contribution in [3.8, 4) is 5.75 Å². The third kappa shape index (κ3) is 5.21. The van der Waals surface area contributed by atoms with Crippen LogP contribution in [0, 0.1) is 0 Å². The largest absolute Gasteiger partial charge is 0.494 e. The zero-order valence-electron chi connectivity index (χ0n) is 12.5. The van der Waals surface area contributed by atoms with E-state index in [4.69, 9.17) is 4.74 Å². The summed E-state index contributed by atoms with van der Waals surface area (Å²) in [4.78, 5) is 11.8. The van der Waals surface area contributed by atoms with E-state index < -0.39 is 5.54 Å². The van der Waals surface area contributed by atoms with Gasteiger partial charge in [-0.3, -0.25) is 4.79 Å². The van der Waals surface area contributed by atoms with Crippen LogP contribution in [0.25, 0.3) is 6.08 Å². The lowest BCUT2D eigenvalue weighted by atomic mass is 9.98. The van der Waals surface area contributed by atoms with Crippen LogP contribution >= 0.6 is 0 Å². The van der Waals surface area contributed by atoms with E-state index in [0.29, 0.717) is 13.0 Å². The monoisotopic (exact) mass is 293 g/mol. The number of ether oxygens (including phenoxy) is 1. The highest BCUT2D eigenvalue weighted by Crippen LogP contribution is 2.13. The summed E-state index contributed by atoms with van der Waals surface area (Å²) in [5, 5.41) is 21.2. The molecule has 5 heteroatoms. The Morgan fingerprint density at radius 3 is 2.33 bits per heavy atom. The van der Waals surface area contributed by atoms with E-state index in [1.54, 1.807) is 13.0 Å². The Labute approximate surface area is 125 Å². The molecule has 1 rings (SSSR count). The summed E-state index contributed by atoms with van der Waals surface area (Å²) in [5.41, 5.74) is -0.107. The van der Waals surface area contributed by atoms with Crippen LogP contribution in [0.5, 0.6) is 5.75 Å². The van der Waals surface area contributed by atoms with Crippen molar-refractivity contribution in [3.05, 3.63) is 35.9 Å². The number of aliphatic hydroxyl groups is 2. The topological polar surface area (TPSA) is 78.8 Å². The minimum atomic E-state index is -0.972. The second kappa shape index (κ2) is 8.44. The number of carbonyl (C=O) groups is 1. The number of amides is 1. The first-order chi connectivity index (χ1) is 10.1. The molecule has 0 aromatic heterocycles. The predicted molar refractivity (Wildman–Crippen MR) is 82.0 cm³/mol. The average molecular weight is 293 g/mol. The minimum Gasteiger partial charge on any atom is -0.494 e. The number of hydrogen-bond acceptors (Lipinski definition) is 4. The Kier molecular flexibility index (Phi) is 6.91. The molecule has 21 heavy (non-hydrogen) atoms. The number of aliphatic hydroxyl groups excluding tert-OH is 2. The smallest absolute Gasteiger partial charge is 0.244 e. The Bertz CT molecular complexity index is 455. The molecule has 116 valence electrons. The normalized spacial score (nSPS) is 11.6. The summed E-state index contributed by atoms with van der Waals surface area (Å²) in [6, 6.07) is 7.36. The standard InChI is InChI=1S/C16H23NO4/c1-3-16(11-18,12-19)17-15(20)10-7-13-5-8-14(9-6-13)21-4-2/h5-10,18-19H,3-4,11-12H2,1-2H3,(H,17,20)/b10-7+. The summed E-state index contributed by atoms with van der Waals surface area (Å²) in [5.74, 6) is 0.429. The fraction of sp³-hybridized carbons (Fsp3) is 0.438. The maximum atomic E-state index is 11.8. The van der Waals surface area contributed by atoms with Crippen molar-refractivity contribution in [1.29, 1.82) is 0 Å². The lowest BCUT2D eigenvalue weighted by Crippen LogP contribution is -2.53. The van der Waals surface area contributed by atoms with Gasteiger partial charge in [0.2, 0.25) is 5.91 Å². The molecule has 3 N–H and O–H groups in total. The van der Waals surface area contributed by atoms with Gasteiger partial charge in [-0.15, -0.1) is 0 Å². The molecule has 0 radical (unpaired) electrons. The van der Waals surface area contributed by atoms with E-state index in [0.717, 1.165) is 11.3 Å². The van der Waals surface area contributed by atoms with Crippen molar-refractivity contribution < 1.29 is 19.7 Å². The van der Waals surface area contributed by atoms with Gasteiger partial charge in [-0.2, -0.15) is 0 Å². The highest BCUT2D eigenvalue weighted by Gasteiger charge is 2.27. The molecule has 0 heterocycles. The van der Waals surface area contributed by atoms with Crippen LogP contribution in [0.3, 0.4) is 0 Å². The molecule has 0 spiro atoms. The molecule has 0 aliphatic heterocycles. The Morgan fingerprint density at radius 2 is 1.86 bits per heavy atom. The molecule has 0 fully saturated rings. The zero-order valence-corrected chi connectivity index (χ0v) is 12.5. The highest BCUT2D eigenvalue weighted by atomic mass is 16.5. The van der Waals surface area contributed by atoms with Gasteiger partial charge in [0.25, 0.3) is 0 Å². The van der Waals surface area contributed by atoms with Gasteiger partial charge in [-0.05, 0) is 37.1 Å². The van der Waals surface area contributed by atoms with Gasteiger partial charge in [-0.1, -0.05) is 19.1 Å². The maximum absolute atomic E-state index is 11.8. The van der Waals surface area contributed by atoms with Crippen molar-refractivity contribution in [1.82, 2.24) is 5.32 Å². The number of rotatable bonds is 8. The molecule has 0 aliphatic carbocycles. The number of hydrogen-bond donors (Lipinski definition) is 3. The number of benzene rings is 1. The van der Waals surface area contributed by atoms with Crippen molar-refractivity contribution in [3.63, 3.8) is 0 Å². The van der Waals surface area contributed by atoms with Crippen molar-refractivity contribution >= 4 is 12.0 Å². The first kappa shape index (κ1) is 17.2. The van der Waals surface area contributed by atoms with E-state index in [1.807, 2.05) is 31.2 Å². The van der Waals surface area contributed by atoms with Crippen LogP contribution in [-0.2, 0) is 4.79 Å². The molecule has 1 aromatic rings. The van der Waals surface area contributed by atoms with Crippen molar-refractivity contribution in [2.45, 2.75) is 25.8 Å². The van der Waals surface area contributed by atoms with Gasteiger partial charge in [0.1, 0.15) is 5.75 Å². The Hall–Kier alpha value is -1.85. The Morgan fingerprint density at radius 1 is 1.24 bits per heavy atom. The average Bonchev–Trinajstić information content (AvgIpc) is 2.52. The van der Waals surface area contributed by atoms with Gasteiger partial charge < -0.3 is 20.3 Å². The third-order valence-corrected chi connectivity index (χ3v) is 3.29. The molecule has 1 aromatic carbocycles. The molecule has 0 saturated heterocycles. The molecule has 0 atom stereocenters. The van der Waals surface area contributed by atoms with Crippen LogP contribution in [0.15, 0.2) is 30.3 Å². The first-order valence-electron chi connectivity index (χ1n) is 7.04. The number of nitrogens with one attached hydrogen (secondary N) is 1. The van der Waals surface area contributed by atoms with Gasteiger partial charge in [0.15, 0.2) is 0 Å². The van der Waals surface area contributed by atoms with Crippen molar-refractivity contribution in [2.75, 3.05) is 19.8 Å². The molecule has 1 amide bonds. The first-order valence-corrected chi connectivity index (χ1v) is 7.04. The van der Waals surface area contributed by atoms with Crippen LogP contribution in [0.1, 0.15) is 25.8 Å². The molecule has 0 aliphatic rings. The Balaban J connectivity index is 2.65. The van der Waals surface area contributed by atoms with Crippen LogP contribution in [0.2, 0.25) is 0 Å². The predicted octanol–water partition coefficient (Wildman–Crippen LogP) is 1.35. The van der Waals surface area contributed by atoms with Crippen LogP contribution < -0.4 is 10.1 Å². The lowest BCUT2D eigenvalue weighted by Gasteiger charge is -2.28. The van der Waals surface area contributed by atoms with Gasteiger partial charge in [0.05, 0.1) is 25.4 Å². The summed E-state index contributed by atoms with van der Waals surface area (Å²) in [6.07, 6.45) is 3.49. The second-order valence-corrected chi connectivity index (χ2v) is 4.77. The van der Waals surface area contributed by atoms with Gasteiger partial charge >= 0.3 is 0 Å². The third-order valence-electron chi connectivity index (χ3n) is 3.29. The molecule has 0 unspecified atom stereocenters. The fourth-order valence-corrected chi connectivity index (χ4v) is 1.76. The minimum absolute atomic E-state index is 0.303. The summed E-state index contributed by atoms with van der Waals surface area (Å²) in [6.45, 7) is 3.72. The van der Waals surface area contributed by atoms with Gasteiger partial charge in [0, 0.05) is 6.08 Å². The maximum Gasteiger partial charge on any atom is 0.244 e. The van der Waals surface area contributed by atoms with E-state index in [9.17, 15) is 15.0 Å². The molecular weight excluding hydrogens is 270 g/mol.